The number of carbonyl (C=O) groups excluding carboxylic acids is 2. The molecule has 136 valence electrons. The summed E-state index contributed by atoms with van der Waals surface area (Å²) in [4.78, 5) is 31.7. The zero-order valence-electron chi connectivity index (χ0n) is 14.8. The average molecular weight is 373 g/mol. The van der Waals surface area contributed by atoms with Crippen LogP contribution in [0.1, 0.15) is 23.0 Å². The molecule has 2 heterocycles. The largest absolute Gasteiger partial charge is 0.354 e. The lowest BCUT2D eigenvalue weighted by atomic mass is 10.2. The van der Waals surface area contributed by atoms with Gasteiger partial charge in [-0.1, -0.05) is 17.7 Å². The predicted molar refractivity (Wildman–Crippen MR) is 102 cm³/mol. The molecular weight excluding hydrogens is 352 g/mol. The molecule has 1 fully saturated rings. The molecule has 1 aromatic heterocycles. The van der Waals surface area contributed by atoms with Gasteiger partial charge >= 0.3 is 0 Å². The normalized spacial score (nSPS) is 14.3. The number of amides is 2. The number of hydrogen-bond acceptors (Lipinski definition) is 4. The number of carbonyl (C=O) groups is 2. The Morgan fingerprint density at radius 2 is 1.69 bits per heavy atom. The second-order valence-electron chi connectivity index (χ2n) is 6.32. The first-order valence-corrected chi connectivity index (χ1v) is 8.86. The fourth-order valence-corrected chi connectivity index (χ4v) is 3.00. The first-order valence-electron chi connectivity index (χ1n) is 8.48. The third kappa shape index (κ3) is 4.14. The van der Waals surface area contributed by atoms with Gasteiger partial charge in [0.05, 0.1) is 11.9 Å². The molecule has 1 aliphatic heterocycles. The van der Waals surface area contributed by atoms with E-state index in [-0.39, 0.29) is 11.8 Å². The van der Waals surface area contributed by atoms with Crippen molar-refractivity contribution in [2.24, 2.45) is 0 Å². The quantitative estimate of drug-likeness (QED) is 0.899. The highest BCUT2D eigenvalue weighted by Gasteiger charge is 2.23. The number of nitrogens with one attached hydrogen (secondary N) is 1. The Labute approximate surface area is 157 Å². The molecule has 1 aromatic carbocycles. The van der Waals surface area contributed by atoms with Gasteiger partial charge in [-0.3, -0.25) is 9.59 Å². The van der Waals surface area contributed by atoms with Gasteiger partial charge in [0.25, 0.3) is 5.91 Å². The smallest absolute Gasteiger partial charge is 0.272 e. The summed E-state index contributed by atoms with van der Waals surface area (Å²) >= 11 is 6.13. The van der Waals surface area contributed by atoms with Crippen molar-refractivity contribution in [2.75, 3.05) is 31.5 Å². The van der Waals surface area contributed by atoms with Gasteiger partial charge in [-0.25, -0.2) is 4.98 Å². The molecule has 6 nitrogen and oxygen atoms in total. The lowest BCUT2D eigenvalue weighted by Gasteiger charge is -2.34. The summed E-state index contributed by atoms with van der Waals surface area (Å²) in [5, 5.41) is 3.91. The minimum Gasteiger partial charge on any atom is -0.354 e. The van der Waals surface area contributed by atoms with Gasteiger partial charge in [0.1, 0.15) is 5.69 Å². The van der Waals surface area contributed by atoms with E-state index in [1.165, 1.54) is 0 Å². The molecule has 1 N–H and O–H groups in total. The van der Waals surface area contributed by atoms with Crippen molar-refractivity contribution in [1.82, 2.24) is 14.8 Å². The second-order valence-corrected chi connectivity index (χ2v) is 6.73. The third-order valence-electron chi connectivity index (χ3n) is 4.46. The second kappa shape index (κ2) is 7.74. The first-order chi connectivity index (χ1) is 12.4. The Morgan fingerprint density at radius 1 is 1.04 bits per heavy atom. The standard InChI is InChI=1S/C19H21ClN4O2/c1-13-3-4-15(11-17(13)20)22-16-5-6-18(21-12-16)19(26)24-9-7-23(8-10-24)14(2)25/h3-6,11-12,22H,7-10H2,1-2H3. The van der Waals surface area contributed by atoms with Crippen molar-refractivity contribution < 1.29 is 9.59 Å². The number of hydrogen-bond donors (Lipinski definition) is 1. The third-order valence-corrected chi connectivity index (χ3v) is 4.86. The number of anilines is 2. The van der Waals surface area contributed by atoms with E-state index < -0.39 is 0 Å². The molecule has 26 heavy (non-hydrogen) atoms. The fraction of sp³-hybridized carbons (Fsp3) is 0.316. The number of halogens is 1. The van der Waals surface area contributed by atoms with Gasteiger partial charge in [0, 0.05) is 43.8 Å². The van der Waals surface area contributed by atoms with E-state index in [0.717, 1.165) is 16.9 Å². The van der Waals surface area contributed by atoms with Crippen molar-refractivity contribution in [3.8, 4) is 0 Å². The molecule has 0 spiro atoms. The minimum absolute atomic E-state index is 0.0434. The van der Waals surface area contributed by atoms with E-state index >= 15 is 0 Å². The lowest BCUT2D eigenvalue weighted by molar-refractivity contribution is -0.130. The molecule has 0 bridgehead atoms. The molecule has 2 aromatic rings. The number of aryl methyl sites for hydroxylation is 1. The molecule has 1 saturated heterocycles. The molecule has 0 atom stereocenters. The van der Waals surface area contributed by atoms with Crippen LogP contribution >= 0.6 is 11.6 Å². The number of pyridine rings is 1. The van der Waals surface area contributed by atoms with Crippen molar-refractivity contribution in [2.45, 2.75) is 13.8 Å². The Balaban J connectivity index is 1.63. The van der Waals surface area contributed by atoms with Crippen molar-refractivity contribution in [3.05, 3.63) is 52.8 Å². The minimum atomic E-state index is -0.113. The zero-order chi connectivity index (χ0) is 18.7. The summed E-state index contributed by atoms with van der Waals surface area (Å²) in [6, 6.07) is 9.26. The number of rotatable bonds is 3. The lowest BCUT2D eigenvalue weighted by Crippen LogP contribution is -2.50. The number of piperazine rings is 1. The van der Waals surface area contributed by atoms with E-state index in [1.807, 2.05) is 31.2 Å². The van der Waals surface area contributed by atoms with Crippen LogP contribution < -0.4 is 5.32 Å². The maximum atomic E-state index is 12.6. The van der Waals surface area contributed by atoms with Crippen LogP contribution in [0.5, 0.6) is 0 Å². The van der Waals surface area contributed by atoms with Crippen LogP contribution in [0.4, 0.5) is 11.4 Å². The number of nitrogens with zero attached hydrogens (tertiary/aromatic N) is 3. The van der Waals surface area contributed by atoms with E-state index in [9.17, 15) is 9.59 Å². The van der Waals surface area contributed by atoms with Crippen LogP contribution in [0.3, 0.4) is 0 Å². The van der Waals surface area contributed by atoms with E-state index in [4.69, 9.17) is 11.6 Å². The number of benzene rings is 1. The fourth-order valence-electron chi connectivity index (χ4n) is 2.82. The molecule has 0 unspecified atom stereocenters. The van der Waals surface area contributed by atoms with E-state index in [2.05, 4.69) is 10.3 Å². The Kier molecular flexibility index (Phi) is 5.42. The highest BCUT2D eigenvalue weighted by atomic mass is 35.5. The molecule has 2 amide bonds. The van der Waals surface area contributed by atoms with Gasteiger partial charge in [-0.15, -0.1) is 0 Å². The van der Waals surface area contributed by atoms with E-state index in [1.54, 1.807) is 29.0 Å². The zero-order valence-corrected chi connectivity index (χ0v) is 15.6. The topological polar surface area (TPSA) is 65.5 Å². The Hall–Kier alpha value is -2.60. The first kappa shape index (κ1) is 18.2. The molecule has 1 aliphatic rings. The Bertz CT molecular complexity index is 815. The number of aromatic nitrogens is 1. The van der Waals surface area contributed by atoms with Gasteiger partial charge < -0.3 is 15.1 Å². The molecule has 3 rings (SSSR count). The average Bonchev–Trinajstić information content (AvgIpc) is 2.65. The van der Waals surface area contributed by atoms with Gasteiger partial charge in [0.2, 0.25) is 5.91 Å². The van der Waals surface area contributed by atoms with Crippen LogP contribution in [-0.4, -0.2) is 52.8 Å². The van der Waals surface area contributed by atoms with Crippen molar-refractivity contribution >= 4 is 34.8 Å². The Morgan fingerprint density at radius 3 is 2.27 bits per heavy atom. The summed E-state index contributed by atoms with van der Waals surface area (Å²) in [6.07, 6.45) is 1.63. The van der Waals surface area contributed by atoms with Crippen LogP contribution in [0.15, 0.2) is 36.5 Å². The summed E-state index contributed by atoms with van der Waals surface area (Å²) in [5.74, 6) is -0.0695. The highest BCUT2D eigenvalue weighted by molar-refractivity contribution is 6.31. The van der Waals surface area contributed by atoms with Crippen LogP contribution in [0, 0.1) is 6.92 Å². The molecule has 7 heteroatoms. The summed E-state index contributed by atoms with van der Waals surface area (Å²) in [6.45, 7) is 5.68. The molecule has 0 saturated carbocycles. The summed E-state index contributed by atoms with van der Waals surface area (Å²) in [5.41, 5.74) is 3.06. The monoisotopic (exact) mass is 372 g/mol. The van der Waals surface area contributed by atoms with Gasteiger partial charge in [-0.05, 0) is 36.8 Å². The van der Waals surface area contributed by atoms with Crippen molar-refractivity contribution in [1.29, 1.82) is 0 Å². The molecule has 0 radical (unpaired) electrons. The molecular formula is C19H21ClN4O2. The SMILES string of the molecule is CC(=O)N1CCN(C(=O)c2ccc(Nc3ccc(C)c(Cl)c3)cn2)CC1. The maximum absolute atomic E-state index is 12.6. The summed E-state index contributed by atoms with van der Waals surface area (Å²) < 4.78 is 0. The van der Waals surface area contributed by atoms with Crippen molar-refractivity contribution in [3.63, 3.8) is 0 Å². The molecule has 0 aliphatic carbocycles. The maximum Gasteiger partial charge on any atom is 0.272 e. The highest BCUT2D eigenvalue weighted by Crippen LogP contribution is 2.23. The van der Waals surface area contributed by atoms with E-state index in [0.29, 0.717) is 36.9 Å². The predicted octanol–water partition coefficient (Wildman–Crippen LogP) is 3.09. The van der Waals surface area contributed by atoms with Crippen LogP contribution in [0.25, 0.3) is 0 Å². The van der Waals surface area contributed by atoms with Gasteiger partial charge in [-0.2, -0.15) is 0 Å². The van der Waals surface area contributed by atoms with Crippen LogP contribution in [-0.2, 0) is 4.79 Å². The van der Waals surface area contributed by atoms with Gasteiger partial charge in [0.15, 0.2) is 0 Å². The van der Waals surface area contributed by atoms with Crippen LogP contribution in [0.2, 0.25) is 5.02 Å². The summed E-state index contributed by atoms with van der Waals surface area (Å²) in [7, 11) is 0.